The molecule has 1 aromatic heterocycles. The normalized spacial score (nSPS) is 17.1. The number of nitrogens with zero attached hydrogens (tertiary/aromatic N) is 1. The maximum Gasteiger partial charge on any atom is 0.178 e. The Hall–Kier alpha value is -1.29. The van der Waals surface area contributed by atoms with Crippen LogP contribution in [0.1, 0.15) is 46.0 Å². The lowest BCUT2D eigenvalue weighted by Gasteiger charge is -2.43. The van der Waals surface area contributed by atoms with Gasteiger partial charge < -0.3 is 14.3 Å². The van der Waals surface area contributed by atoms with Gasteiger partial charge in [0, 0.05) is 5.54 Å². The van der Waals surface area contributed by atoms with Crippen LogP contribution in [0.4, 0.5) is 0 Å². The van der Waals surface area contributed by atoms with Gasteiger partial charge in [-0.05, 0) is 56.5 Å². The van der Waals surface area contributed by atoms with Crippen LogP contribution in [0.15, 0.2) is 18.2 Å². The van der Waals surface area contributed by atoms with Crippen LogP contribution in [0.5, 0.6) is 5.75 Å². The molecule has 0 aliphatic heterocycles. The number of aromatic nitrogens is 2. The highest BCUT2D eigenvalue weighted by molar-refractivity contribution is 7.71. The van der Waals surface area contributed by atoms with E-state index in [1.54, 1.807) is 0 Å². The summed E-state index contributed by atoms with van der Waals surface area (Å²) in [5.41, 5.74) is 2.45. The molecule has 108 valence electrons. The number of hydrogen-bond donors (Lipinski definition) is 1. The standard InChI is InChI=1S/C16H22N2OS/c1-3-11-19-13-8-5-7-12-14(13)17-15(20)18(12)16(4-2)9-6-10-16/h5,7-8H,3-4,6,9-11H2,1-2H3,(H,17,20). The molecule has 20 heavy (non-hydrogen) atoms. The van der Waals surface area contributed by atoms with Crippen LogP contribution in [0.3, 0.4) is 0 Å². The fourth-order valence-corrected chi connectivity index (χ4v) is 3.62. The van der Waals surface area contributed by atoms with Crippen LogP contribution in [-0.2, 0) is 5.54 Å². The van der Waals surface area contributed by atoms with Gasteiger partial charge in [-0.2, -0.15) is 0 Å². The maximum atomic E-state index is 5.84. The SMILES string of the molecule is CCCOc1cccc2c1[nH]c(=S)n2C1(CC)CCC1. The van der Waals surface area contributed by atoms with Crippen LogP contribution in [0.25, 0.3) is 11.0 Å². The molecule has 0 unspecified atom stereocenters. The lowest BCUT2D eigenvalue weighted by Crippen LogP contribution is -2.39. The van der Waals surface area contributed by atoms with Gasteiger partial charge in [-0.3, -0.25) is 0 Å². The fourth-order valence-electron chi connectivity index (χ4n) is 3.23. The molecule has 1 aromatic carbocycles. The fraction of sp³-hybridized carbons (Fsp3) is 0.562. The molecule has 0 atom stereocenters. The molecule has 0 amide bonds. The second-order valence-electron chi connectivity index (χ2n) is 5.70. The second kappa shape index (κ2) is 5.24. The molecular formula is C16H22N2OS. The Morgan fingerprint density at radius 2 is 2.15 bits per heavy atom. The van der Waals surface area contributed by atoms with Crippen molar-refractivity contribution in [3.8, 4) is 5.75 Å². The van der Waals surface area contributed by atoms with Gasteiger partial charge in [-0.25, -0.2) is 0 Å². The Balaban J connectivity index is 2.14. The van der Waals surface area contributed by atoms with Crippen molar-refractivity contribution in [1.82, 2.24) is 9.55 Å². The van der Waals surface area contributed by atoms with Gasteiger partial charge in [-0.15, -0.1) is 0 Å². The number of nitrogens with one attached hydrogen (secondary N) is 1. The monoisotopic (exact) mass is 290 g/mol. The minimum absolute atomic E-state index is 0.221. The van der Waals surface area contributed by atoms with Crippen molar-refractivity contribution in [2.24, 2.45) is 0 Å². The predicted molar refractivity (Wildman–Crippen MR) is 85.0 cm³/mol. The summed E-state index contributed by atoms with van der Waals surface area (Å²) in [6.45, 7) is 5.12. The molecule has 1 aliphatic carbocycles. The smallest absolute Gasteiger partial charge is 0.178 e. The summed E-state index contributed by atoms with van der Waals surface area (Å²) in [6.07, 6.45) is 5.90. The van der Waals surface area contributed by atoms with Gasteiger partial charge in [-0.1, -0.05) is 19.9 Å². The van der Waals surface area contributed by atoms with Crippen molar-refractivity contribution in [2.75, 3.05) is 6.61 Å². The number of para-hydroxylation sites is 1. The first-order valence-corrected chi connectivity index (χ1v) is 7.99. The Bertz CT molecular complexity index is 661. The maximum absolute atomic E-state index is 5.84. The molecule has 3 nitrogen and oxygen atoms in total. The second-order valence-corrected chi connectivity index (χ2v) is 6.08. The van der Waals surface area contributed by atoms with Crippen molar-refractivity contribution < 1.29 is 4.74 Å². The van der Waals surface area contributed by atoms with Crippen molar-refractivity contribution in [2.45, 2.75) is 51.5 Å². The van der Waals surface area contributed by atoms with E-state index in [2.05, 4.69) is 35.5 Å². The Labute approximate surface area is 125 Å². The van der Waals surface area contributed by atoms with Gasteiger partial charge in [0.15, 0.2) is 4.77 Å². The highest BCUT2D eigenvalue weighted by Crippen LogP contribution is 2.44. The number of aromatic amines is 1. The van der Waals surface area contributed by atoms with Crippen molar-refractivity contribution in [3.63, 3.8) is 0 Å². The quantitative estimate of drug-likeness (QED) is 0.803. The number of H-pyrrole nitrogens is 1. The summed E-state index contributed by atoms with van der Waals surface area (Å²) in [5, 5.41) is 0. The van der Waals surface area contributed by atoms with E-state index in [-0.39, 0.29) is 5.54 Å². The first kappa shape index (κ1) is 13.7. The minimum Gasteiger partial charge on any atom is -0.491 e. The number of rotatable bonds is 5. The topological polar surface area (TPSA) is 29.9 Å². The number of ether oxygens (including phenoxy) is 1. The first-order chi connectivity index (χ1) is 9.72. The van der Waals surface area contributed by atoms with Crippen LogP contribution >= 0.6 is 12.2 Å². The summed E-state index contributed by atoms with van der Waals surface area (Å²) in [6, 6.07) is 6.23. The summed E-state index contributed by atoms with van der Waals surface area (Å²) < 4.78 is 9.01. The zero-order valence-corrected chi connectivity index (χ0v) is 13.1. The molecule has 2 aromatic rings. The predicted octanol–water partition coefficient (Wildman–Crippen LogP) is 4.78. The minimum atomic E-state index is 0.221. The molecule has 4 heteroatoms. The average Bonchev–Trinajstić information content (AvgIpc) is 2.74. The number of imidazole rings is 1. The lowest BCUT2D eigenvalue weighted by molar-refractivity contribution is 0.140. The van der Waals surface area contributed by atoms with E-state index >= 15 is 0 Å². The van der Waals surface area contributed by atoms with Crippen molar-refractivity contribution in [1.29, 1.82) is 0 Å². The summed E-state index contributed by atoms with van der Waals surface area (Å²) in [7, 11) is 0. The largest absolute Gasteiger partial charge is 0.491 e. The zero-order valence-electron chi connectivity index (χ0n) is 12.2. The van der Waals surface area contributed by atoms with E-state index in [1.807, 2.05) is 6.07 Å². The van der Waals surface area contributed by atoms with Crippen LogP contribution in [0.2, 0.25) is 0 Å². The zero-order chi connectivity index (χ0) is 14.2. The third-order valence-corrected chi connectivity index (χ3v) is 4.84. The molecule has 3 rings (SSSR count). The molecule has 1 fully saturated rings. The lowest BCUT2D eigenvalue weighted by atomic mass is 9.74. The summed E-state index contributed by atoms with van der Waals surface area (Å²) in [5.74, 6) is 0.916. The van der Waals surface area contributed by atoms with Crippen molar-refractivity contribution >= 4 is 23.3 Å². The molecule has 0 bridgehead atoms. The Morgan fingerprint density at radius 3 is 2.75 bits per heavy atom. The van der Waals surface area contributed by atoms with E-state index < -0.39 is 0 Å². The number of hydrogen-bond acceptors (Lipinski definition) is 2. The van der Waals surface area contributed by atoms with Gasteiger partial charge in [0.05, 0.1) is 12.1 Å². The van der Waals surface area contributed by atoms with Gasteiger partial charge in [0.25, 0.3) is 0 Å². The van der Waals surface area contributed by atoms with Gasteiger partial charge in [0.2, 0.25) is 0 Å². The highest BCUT2D eigenvalue weighted by Gasteiger charge is 2.38. The van der Waals surface area contributed by atoms with Crippen LogP contribution in [0, 0.1) is 4.77 Å². The van der Waals surface area contributed by atoms with E-state index in [1.165, 1.54) is 24.8 Å². The number of benzene rings is 1. The highest BCUT2D eigenvalue weighted by atomic mass is 32.1. The van der Waals surface area contributed by atoms with E-state index in [0.29, 0.717) is 0 Å². The molecule has 0 spiro atoms. The Morgan fingerprint density at radius 1 is 1.35 bits per heavy atom. The Kier molecular flexibility index (Phi) is 3.59. The van der Waals surface area contributed by atoms with E-state index in [9.17, 15) is 0 Å². The molecular weight excluding hydrogens is 268 g/mol. The molecule has 0 radical (unpaired) electrons. The summed E-state index contributed by atoms with van der Waals surface area (Å²) >= 11 is 5.59. The third-order valence-electron chi connectivity index (χ3n) is 4.56. The third kappa shape index (κ3) is 1.97. The molecule has 1 aliphatic rings. The van der Waals surface area contributed by atoms with Gasteiger partial charge >= 0.3 is 0 Å². The summed E-state index contributed by atoms with van der Waals surface area (Å²) in [4.78, 5) is 3.37. The van der Waals surface area contributed by atoms with Crippen molar-refractivity contribution in [3.05, 3.63) is 23.0 Å². The molecule has 0 saturated heterocycles. The van der Waals surface area contributed by atoms with Gasteiger partial charge in [0.1, 0.15) is 11.3 Å². The molecule has 1 heterocycles. The van der Waals surface area contributed by atoms with Crippen LogP contribution in [-0.4, -0.2) is 16.2 Å². The first-order valence-electron chi connectivity index (χ1n) is 7.59. The number of fused-ring (bicyclic) bond motifs is 1. The average molecular weight is 290 g/mol. The van der Waals surface area contributed by atoms with Crippen LogP contribution < -0.4 is 4.74 Å². The van der Waals surface area contributed by atoms with E-state index in [0.717, 1.165) is 35.5 Å². The van der Waals surface area contributed by atoms with E-state index in [4.69, 9.17) is 17.0 Å². The molecule has 1 N–H and O–H groups in total. The molecule has 1 saturated carbocycles.